The Labute approximate surface area is 167 Å². The number of hydrogen-bond acceptors (Lipinski definition) is 7. The first-order valence-electron chi connectivity index (χ1n) is 9.19. The minimum Gasteiger partial charge on any atom is -0.494 e. The second-order valence-corrected chi connectivity index (χ2v) is 7.94. The SMILES string of the molecule is COc1cccc2sc(N3CC(OC(=O)c4ccc(OC(C)C)cc4)C3)nc12. The topological polar surface area (TPSA) is 60.9 Å². The molecular formula is C21H22N2O4S. The average Bonchev–Trinajstić information content (AvgIpc) is 3.07. The maximum Gasteiger partial charge on any atom is 0.338 e. The van der Waals surface area contributed by atoms with Gasteiger partial charge >= 0.3 is 5.97 Å². The van der Waals surface area contributed by atoms with Crippen LogP contribution in [0.25, 0.3) is 10.2 Å². The van der Waals surface area contributed by atoms with E-state index in [4.69, 9.17) is 14.2 Å². The fourth-order valence-electron chi connectivity index (χ4n) is 3.04. The van der Waals surface area contributed by atoms with Gasteiger partial charge in [-0.05, 0) is 50.2 Å². The molecule has 1 aliphatic rings. The van der Waals surface area contributed by atoms with Crippen LogP contribution in [0.5, 0.6) is 11.5 Å². The molecule has 7 heteroatoms. The summed E-state index contributed by atoms with van der Waals surface area (Å²) in [4.78, 5) is 19.1. The van der Waals surface area contributed by atoms with Gasteiger partial charge < -0.3 is 19.1 Å². The first-order valence-corrected chi connectivity index (χ1v) is 10.0. The number of carbonyl (C=O) groups is 1. The lowest BCUT2D eigenvalue weighted by molar-refractivity contribution is 0.0234. The summed E-state index contributed by atoms with van der Waals surface area (Å²) in [5.74, 6) is 1.20. The summed E-state index contributed by atoms with van der Waals surface area (Å²) in [5, 5.41) is 0.919. The Hall–Kier alpha value is -2.80. The Morgan fingerprint density at radius 2 is 1.93 bits per heavy atom. The lowest BCUT2D eigenvalue weighted by Crippen LogP contribution is -2.53. The zero-order chi connectivity index (χ0) is 19.7. The number of nitrogens with zero attached hydrogens (tertiary/aromatic N) is 2. The Morgan fingerprint density at radius 3 is 2.61 bits per heavy atom. The van der Waals surface area contributed by atoms with Crippen LogP contribution in [-0.2, 0) is 4.74 Å². The van der Waals surface area contributed by atoms with E-state index in [1.54, 1.807) is 42.7 Å². The van der Waals surface area contributed by atoms with E-state index < -0.39 is 0 Å². The van der Waals surface area contributed by atoms with Crippen LogP contribution >= 0.6 is 11.3 Å². The molecule has 0 radical (unpaired) electrons. The van der Waals surface area contributed by atoms with Crippen molar-refractivity contribution >= 4 is 32.7 Å². The number of fused-ring (bicyclic) bond motifs is 1. The third-order valence-corrected chi connectivity index (χ3v) is 5.53. The molecular weight excluding hydrogens is 376 g/mol. The van der Waals surface area contributed by atoms with E-state index in [2.05, 4.69) is 9.88 Å². The molecule has 6 nitrogen and oxygen atoms in total. The summed E-state index contributed by atoms with van der Waals surface area (Å²) in [5.41, 5.74) is 1.40. The van der Waals surface area contributed by atoms with Crippen molar-refractivity contribution in [3.05, 3.63) is 48.0 Å². The fraction of sp³-hybridized carbons (Fsp3) is 0.333. The molecule has 28 heavy (non-hydrogen) atoms. The van der Waals surface area contributed by atoms with Crippen molar-refractivity contribution in [3.8, 4) is 11.5 Å². The summed E-state index contributed by atoms with van der Waals surface area (Å²) in [6.07, 6.45) is -0.0331. The number of ether oxygens (including phenoxy) is 3. The number of esters is 1. The molecule has 0 bridgehead atoms. The predicted molar refractivity (Wildman–Crippen MR) is 110 cm³/mol. The van der Waals surface area contributed by atoms with Crippen molar-refractivity contribution < 1.29 is 19.0 Å². The largest absolute Gasteiger partial charge is 0.494 e. The number of para-hydroxylation sites is 1. The number of aromatic nitrogens is 1. The van der Waals surface area contributed by atoms with E-state index in [0.29, 0.717) is 18.7 Å². The van der Waals surface area contributed by atoms with Gasteiger partial charge in [0.1, 0.15) is 23.1 Å². The number of carbonyl (C=O) groups excluding carboxylic acids is 1. The van der Waals surface area contributed by atoms with Crippen molar-refractivity contribution in [2.24, 2.45) is 0 Å². The maximum atomic E-state index is 12.3. The van der Waals surface area contributed by atoms with E-state index in [1.165, 1.54) is 0 Å². The predicted octanol–water partition coefficient (Wildman–Crippen LogP) is 4.14. The molecule has 0 atom stereocenters. The van der Waals surface area contributed by atoms with Gasteiger partial charge in [-0.25, -0.2) is 9.78 Å². The fourth-order valence-corrected chi connectivity index (χ4v) is 4.04. The highest BCUT2D eigenvalue weighted by atomic mass is 32.1. The van der Waals surface area contributed by atoms with Crippen LogP contribution in [0.2, 0.25) is 0 Å². The number of rotatable bonds is 6. The highest BCUT2D eigenvalue weighted by Crippen LogP contribution is 2.36. The standard InChI is InChI=1S/C21H22N2O4S/c1-13(2)26-15-9-7-14(8-10-15)20(24)27-16-11-23(12-16)21-22-19-17(25-3)5-4-6-18(19)28-21/h4-10,13,16H,11-12H2,1-3H3. The van der Waals surface area contributed by atoms with Gasteiger partial charge in [-0.1, -0.05) is 17.4 Å². The van der Waals surface area contributed by atoms with Gasteiger partial charge in [0, 0.05) is 0 Å². The van der Waals surface area contributed by atoms with Gasteiger partial charge in [-0.2, -0.15) is 0 Å². The van der Waals surface area contributed by atoms with Crippen LogP contribution in [0.15, 0.2) is 42.5 Å². The van der Waals surface area contributed by atoms with Crippen molar-refractivity contribution in [3.63, 3.8) is 0 Å². The normalized spacial score (nSPS) is 14.2. The van der Waals surface area contributed by atoms with Gasteiger partial charge in [0.2, 0.25) is 0 Å². The van der Waals surface area contributed by atoms with Crippen molar-refractivity contribution in [1.82, 2.24) is 4.98 Å². The molecule has 0 unspecified atom stereocenters. The quantitative estimate of drug-likeness (QED) is 0.582. The van der Waals surface area contributed by atoms with Crippen molar-refractivity contribution in [2.45, 2.75) is 26.1 Å². The van der Waals surface area contributed by atoms with Crippen LogP contribution < -0.4 is 14.4 Å². The monoisotopic (exact) mass is 398 g/mol. The summed E-state index contributed by atoms with van der Waals surface area (Å²) in [6, 6.07) is 12.9. The maximum absolute atomic E-state index is 12.3. The Bertz CT molecular complexity index is 978. The highest BCUT2D eigenvalue weighted by Gasteiger charge is 2.32. The molecule has 1 aliphatic heterocycles. The van der Waals surface area contributed by atoms with E-state index in [1.807, 2.05) is 32.0 Å². The Balaban J connectivity index is 1.35. The summed E-state index contributed by atoms with van der Waals surface area (Å²) < 4.78 is 17.6. The molecule has 1 fully saturated rings. The van der Waals surface area contributed by atoms with Gasteiger partial charge in [0.25, 0.3) is 0 Å². The smallest absolute Gasteiger partial charge is 0.338 e. The van der Waals surface area contributed by atoms with Crippen molar-refractivity contribution in [1.29, 1.82) is 0 Å². The molecule has 0 amide bonds. The molecule has 0 aliphatic carbocycles. The lowest BCUT2D eigenvalue weighted by Gasteiger charge is -2.38. The van der Waals surface area contributed by atoms with E-state index in [9.17, 15) is 4.79 Å². The van der Waals surface area contributed by atoms with Crippen LogP contribution in [0, 0.1) is 0 Å². The van der Waals surface area contributed by atoms with E-state index in [-0.39, 0.29) is 18.2 Å². The first kappa shape index (κ1) is 18.6. The minimum atomic E-state index is -0.313. The molecule has 0 saturated carbocycles. The number of hydrogen-bond donors (Lipinski definition) is 0. The van der Waals surface area contributed by atoms with Crippen LogP contribution in [0.4, 0.5) is 5.13 Å². The van der Waals surface area contributed by atoms with E-state index >= 15 is 0 Å². The molecule has 0 spiro atoms. The van der Waals surface area contributed by atoms with Crippen LogP contribution in [0.3, 0.4) is 0 Å². The minimum absolute atomic E-state index is 0.0984. The molecule has 3 aromatic rings. The molecule has 4 rings (SSSR count). The molecule has 0 N–H and O–H groups in total. The Morgan fingerprint density at radius 1 is 1.18 bits per heavy atom. The van der Waals surface area contributed by atoms with Crippen LogP contribution in [0.1, 0.15) is 24.2 Å². The summed E-state index contributed by atoms with van der Waals surface area (Å²) in [7, 11) is 1.65. The van der Waals surface area contributed by atoms with Crippen LogP contribution in [-0.4, -0.2) is 43.4 Å². The lowest BCUT2D eigenvalue weighted by atomic mass is 10.1. The summed E-state index contributed by atoms with van der Waals surface area (Å²) in [6.45, 7) is 5.21. The third kappa shape index (κ3) is 3.75. The molecule has 2 heterocycles. The van der Waals surface area contributed by atoms with Crippen molar-refractivity contribution in [2.75, 3.05) is 25.1 Å². The molecule has 1 saturated heterocycles. The molecule has 146 valence electrons. The van der Waals surface area contributed by atoms with Gasteiger partial charge in [0.15, 0.2) is 5.13 Å². The van der Waals surface area contributed by atoms with Gasteiger partial charge in [-0.15, -0.1) is 0 Å². The molecule has 2 aromatic carbocycles. The second-order valence-electron chi connectivity index (χ2n) is 6.93. The number of anilines is 1. The highest BCUT2D eigenvalue weighted by molar-refractivity contribution is 7.22. The number of methoxy groups -OCH3 is 1. The molecule has 1 aromatic heterocycles. The third-order valence-electron chi connectivity index (χ3n) is 4.44. The van der Waals surface area contributed by atoms with Gasteiger partial charge in [0.05, 0.1) is 36.6 Å². The Kier molecular flexibility index (Phi) is 5.09. The van der Waals surface area contributed by atoms with Gasteiger partial charge in [-0.3, -0.25) is 0 Å². The second kappa shape index (κ2) is 7.67. The number of benzene rings is 2. The zero-order valence-electron chi connectivity index (χ0n) is 16.0. The number of thiazole rings is 1. The van der Waals surface area contributed by atoms with E-state index in [0.717, 1.165) is 26.8 Å². The zero-order valence-corrected chi connectivity index (χ0v) is 16.9. The first-order chi connectivity index (χ1) is 13.5. The average molecular weight is 398 g/mol. The summed E-state index contributed by atoms with van der Waals surface area (Å²) >= 11 is 1.61.